The Morgan fingerprint density at radius 1 is 0.941 bits per heavy atom. The van der Waals surface area contributed by atoms with Crippen molar-refractivity contribution in [2.75, 3.05) is 7.05 Å². The minimum absolute atomic E-state index is 0.227. The maximum atomic E-state index is 3.49. The van der Waals surface area contributed by atoms with E-state index in [-0.39, 0.29) is 5.41 Å². The van der Waals surface area contributed by atoms with Gasteiger partial charge in [0.25, 0.3) is 0 Å². The smallest absolute Gasteiger partial charge is 0.0372 e. The summed E-state index contributed by atoms with van der Waals surface area (Å²) in [6.07, 6.45) is 0. The third-order valence-electron chi connectivity index (χ3n) is 3.87. The van der Waals surface area contributed by atoms with E-state index in [1.807, 2.05) is 0 Å². The Labute approximate surface area is 107 Å². The molecule has 0 heterocycles. The lowest BCUT2D eigenvalue weighted by Gasteiger charge is -2.34. The van der Waals surface area contributed by atoms with Crippen LogP contribution in [0, 0.1) is 33.1 Å². The van der Waals surface area contributed by atoms with Crippen LogP contribution in [0.1, 0.15) is 54.6 Å². The highest BCUT2D eigenvalue weighted by atomic mass is 14.9. The molecular weight excluding hydrogens is 206 g/mol. The Morgan fingerprint density at radius 3 is 1.65 bits per heavy atom. The van der Waals surface area contributed by atoms with Crippen LogP contribution in [-0.4, -0.2) is 7.05 Å². The molecule has 0 aromatic heterocycles. The topological polar surface area (TPSA) is 12.0 Å². The Kier molecular flexibility index (Phi) is 4.03. The number of hydrogen-bond donors (Lipinski definition) is 1. The molecule has 0 bridgehead atoms. The van der Waals surface area contributed by atoms with Crippen molar-refractivity contribution >= 4 is 0 Å². The average Bonchev–Trinajstić information content (AvgIpc) is 2.19. The maximum Gasteiger partial charge on any atom is 0.0372 e. The van der Waals surface area contributed by atoms with E-state index >= 15 is 0 Å². The summed E-state index contributed by atoms with van der Waals surface area (Å²) in [6.45, 7) is 15.8. The van der Waals surface area contributed by atoms with Gasteiger partial charge in [0.15, 0.2) is 0 Å². The molecule has 1 heteroatoms. The van der Waals surface area contributed by atoms with Crippen molar-refractivity contribution in [1.29, 1.82) is 0 Å². The number of rotatable bonds is 2. The van der Waals surface area contributed by atoms with Gasteiger partial charge in [0, 0.05) is 6.04 Å². The molecule has 0 aliphatic rings. The summed E-state index contributed by atoms with van der Waals surface area (Å²) in [4.78, 5) is 0. The molecule has 0 amide bonds. The monoisotopic (exact) mass is 233 g/mol. The van der Waals surface area contributed by atoms with Crippen LogP contribution in [0.4, 0.5) is 0 Å². The molecule has 1 atom stereocenters. The summed E-state index contributed by atoms with van der Waals surface area (Å²) in [5.74, 6) is 0. The maximum absolute atomic E-state index is 3.49. The number of nitrogens with one attached hydrogen (secondary N) is 1. The van der Waals surface area contributed by atoms with Crippen LogP contribution in [-0.2, 0) is 0 Å². The molecular formula is C16H27N. The third kappa shape index (κ3) is 2.71. The van der Waals surface area contributed by atoms with Gasteiger partial charge in [-0.15, -0.1) is 0 Å². The second-order valence-corrected chi connectivity index (χ2v) is 6.26. The van der Waals surface area contributed by atoms with E-state index in [0.29, 0.717) is 6.04 Å². The average molecular weight is 233 g/mol. The first-order chi connectivity index (χ1) is 7.70. The fourth-order valence-electron chi connectivity index (χ4n) is 2.69. The van der Waals surface area contributed by atoms with Crippen LogP contribution < -0.4 is 5.32 Å². The van der Waals surface area contributed by atoms with Crippen molar-refractivity contribution in [1.82, 2.24) is 5.32 Å². The van der Waals surface area contributed by atoms with Crippen LogP contribution >= 0.6 is 0 Å². The lowest BCUT2D eigenvalue weighted by molar-refractivity contribution is 0.285. The van der Waals surface area contributed by atoms with Crippen LogP contribution in [0.25, 0.3) is 0 Å². The van der Waals surface area contributed by atoms with Gasteiger partial charge in [-0.25, -0.2) is 0 Å². The standard InChI is InChI=1S/C16H27N/c1-10-9-11(2)13(4)14(12(10)3)15(17-8)16(5,6)7/h9,15,17H,1-8H3. The zero-order valence-electron chi connectivity index (χ0n) is 12.7. The lowest BCUT2D eigenvalue weighted by atomic mass is 9.77. The third-order valence-corrected chi connectivity index (χ3v) is 3.87. The predicted octanol–water partition coefficient (Wildman–Crippen LogP) is 4.23. The fourth-order valence-corrected chi connectivity index (χ4v) is 2.69. The number of benzene rings is 1. The van der Waals surface area contributed by atoms with E-state index in [1.54, 1.807) is 0 Å². The van der Waals surface area contributed by atoms with Crippen molar-refractivity contribution in [3.8, 4) is 0 Å². The van der Waals surface area contributed by atoms with Gasteiger partial charge >= 0.3 is 0 Å². The van der Waals surface area contributed by atoms with Crippen LogP contribution in [0.2, 0.25) is 0 Å². The first-order valence-corrected chi connectivity index (χ1v) is 6.44. The quantitative estimate of drug-likeness (QED) is 0.806. The highest BCUT2D eigenvalue weighted by molar-refractivity contribution is 5.46. The molecule has 0 aliphatic carbocycles. The zero-order chi connectivity index (χ0) is 13.4. The molecule has 17 heavy (non-hydrogen) atoms. The van der Waals surface area contributed by atoms with Crippen LogP contribution in [0.15, 0.2) is 6.07 Å². The summed E-state index contributed by atoms with van der Waals surface area (Å²) in [5, 5.41) is 3.49. The summed E-state index contributed by atoms with van der Waals surface area (Å²) in [5.41, 5.74) is 7.37. The molecule has 0 saturated heterocycles. The Balaban J connectivity index is 3.48. The lowest BCUT2D eigenvalue weighted by Crippen LogP contribution is -2.31. The molecule has 96 valence electrons. The first kappa shape index (κ1) is 14.2. The predicted molar refractivity (Wildman–Crippen MR) is 76.6 cm³/mol. The SMILES string of the molecule is CNC(c1c(C)c(C)cc(C)c1C)C(C)(C)C. The summed E-state index contributed by atoms with van der Waals surface area (Å²) < 4.78 is 0. The Hall–Kier alpha value is -0.820. The molecule has 1 nitrogen and oxygen atoms in total. The Morgan fingerprint density at radius 2 is 1.35 bits per heavy atom. The van der Waals surface area contributed by atoms with E-state index in [9.17, 15) is 0 Å². The molecule has 1 aromatic rings. The molecule has 1 N–H and O–H groups in total. The van der Waals surface area contributed by atoms with Crippen LogP contribution in [0.5, 0.6) is 0 Å². The van der Waals surface area contributed by atoms with Gasteiger partial charge in [-0.1, -0.05) is 26.8 Å². The minimum atomic E-state index is 0.227. The fraction of sp³-hybridized carbons (Fsp3) is 0.625. The van der Waals surface area contributed by atoms with Gasteiger partial charge in [-0.2, -0.15) is 0 Å². The van der Waals surface area contributed by atoms with Gasteiger partial charge in [0.05, 0.1) is 0 Å². The highest BCUT2D eigenvalue weighted by Crippen LogP contribution is 2.37. The molecule has 0 radical (unpaired) electrons. The summed E-state index contributed by atoms with van der Waals surface area (Å²) >= 11 is 0. The van der Waals surface area contributed by atoms with Crippen molar-refractivity contribution < 1.29 is 0 Å². The van der Waals surface area contributed by atoms with Gasteiger partial charge < -0.3 is 5.32 Å². The molecule has 1 unspecified atom stereocenters. The highest BCUT2D eigenvalue weighted by Gasteiger charge is 2.28. The largest absolute Gasteiger partial charge is 0.313 e. The van der Waals surface area contributed by atoms with E-state index in [0.717, 1.165) is 0 Å². The second-order valence-electron chi connectivity index (χ2n) is 6.26. The molecule has 0 spiro atoms. The van der Waals surface area contributed by atoms with E-state index in [1.165, 1.54) is 27.8 Å². The summed E-state index contributed by atoms with van der Waals surface area (Å²) in [7, 11) is 2.06. The first-order valence-electron chi connectivity index (χ1n) is 6.44. The number of aryl methyl sites for hydroxylation is 2. The second kappa shape index (κ2) is 4.81. The normalized spacial score (nSPS) is 13.9. The van der Waals surface area contributed by atoms with Gasteiger partial charge in [0.1, 0.15) is 0 Å². The Bertz CT molecular complexity index is 384. The molecule has 1 rings (SSSR count). The van der Waals surface area contributed by atoms with E-state index in [4.69, 9.17) is 0 Å². The number of hydrogen-bond acceptors (Lipinski definition) is 1. The van der Waals surface area contributed by atoms with Gasteiger partial charge in [0.2, 0.25) is 0 Å². The molecule has 0 fully saturated rings. The van der Waals surface area contributed by atoms with Crippen molar-refractivity contribution in [2.45, 2.75) is 54.5 Å². The molecule has 0 saturated carbocycles. The van der Waals surface area contributed by atoms with Crippen molar-refractivity contribution in [3.63, 3.8) is 0 Å². The molecule has 1 aromatic carbocycles. The van der Waals surface area contributed by atoms with Crippen molar-refractivity contribution in [2.24, 2.45) is 5.41 Å². The summed E-state index contributed by atoms with van der Waals surface area (Å²) in [6, 6.07) is 2.70. The van der Waals surface area contributed by atoms with Gasteiger partial charge in [-0.3, -0.25) is 0 Å². The molecule has 0 aliphatic heterocycles. The minimum Gasteiger partial charge on any atom is -0.313 e. The van der Waals surface area contributed by atoms with Crippen molar-refractivity contribution in [3.05, 3.63) is 33.9 Å². The van der Waals surface area contributed by atoms with E-state index < -0.39 is 0 Å². The zero-order valence-corrected chi connectivity index (χ0v) is 12.7. The van der Waals surface area contributed by atoms with Crippen LogP contribution in [0.3, 0.4) is 0 Å². The van der Waals surface area contributed by atoms with E-state index in [2.05, 4.69) is 66.9 Å². The van der Waals surface area contributed by atoms with Gasteiger partial charge in [-0.05, 0) is 68.0 Å².